The van der Waals surface area contributed by atoms with E-state index in [0.29, 0.717) is 17.3 Å². The van der Waals surface area contributed by atoms with Gasteiger partial charge in [-0.05, 0) is 37.6 Å². The van der Waals surface area contributed by atoms with Crippen LogP contribution in [0.4, 0.5) is 0 Å². The molecule has 1 aromatic carbocycles. The summed E-state index contributed by atoms with van der Waals surface area (Å²) < 4.78 is 6.99. The van der Waals surface area contributed by atoms with E-state index >= 15 is 0 Å². The van der Waals surface area contributed by atoms with E-state index in [1.54, 1.807) is 4.68 Å². The highest BCUT2D eigenvalue weighted by Gasteiger charge is 2.16. The van der Waals surface area contributed by atoms with E-state index in [1.807, 2.05) is 38.1 Å². The van der Waals surface area contributed by atoms with Gasteiger partial charge in [0.05, 0.1) is 23.6 Å². The summed E-state index contributed by atoms with van der Waals surface area (Å²) in [7, 11) is 0. The molecular weight excluding hydrogens is 276 g/mol. The molecule has 0 N–H and O–H groups in total. The van der Waals surface area contributed by atoms with Crippen molar-refractivity contribution in [2.45, 2.75) is 26.7 Å². The molecule has 2 aromatic rings. The Morgan fingerprint density at radius 2 is 2.00 bits per heavy atom. The van der Waals surface area contributed by atoms with Crippen LogP contribution in [0.5, 0.6) is 5.75 Å². The van der Waals surface area contributed by atoms with Crippen LogP contribution in [0.15, 0.2) is 24.3 Å². The van der Waals surface area contributed by atoms with E-state index in [9.17, 15) is 4.79 Å². The molecule has 1 aromatic heterocycles. The lowest BCUT2D eigenvalue weighted by Gasteiger charge is -2.06. The zero-order valence-electron chi connectivity index (χ0n) is 11.6. The Kier molecular flexibility index (Phi) is 4.79. The second-order valence-electron chi connectivity index (χ2n) is 4.36. The SMILES string of the molecule is CCCc1nn(-c2ccc(OCC)cc2)c(Cl)c1C=O. The van der Waals surface area contributed by atoms with E-state index in [-0.39, 0.29) is 0 Å². The smallest absolute Gasteiger partial charge is 0.155 e. The minimum Gasteiger partial charge on any atom is -0.494 e. The Hall–Kier alpha value is -1.81. The lowest BCUT2D eigenvalue weighted by Crippen LogP contribution is -1.98. The molecule has 0 radical (unpaired) electrons. The first-order valence-corrected chi connectivity index (χ1v) is 7.04. The van der Waals surface area contributed by atoms with Gasteiger partial charge >= 0.3 is 0 Å². The van der Waals surface area contributed by atoms with Gasteiger partial charge in [0, 0.05) is 0 Å². The van der Waals surface area contributed by atoms with Gasteiger partial charge in [-0.25, -0.2) is 4.68 Å². The number of aldehydes is 1. The second kappa shape index (κ2) is 6.57. The number of nitrogens with zero attached hydrogens (tertiary/aromatic N) is 2. The van der Waals surface area contributed by atoms with E-state index in [4.69, 9.17) is 16.3 Å². The van der Waals surface area contributed by atoms with Crippen molar-refractivity contribution in [1.29, 1.82) is 0 Å². The molecule has 0 aliphatic heterocycles. The number of ether oxygens (including phenoxy) is 1. The number of halogens is 1. The maximum Gasteiger partial charge on any atom is 0.155 e. The first kappa shape index (κ1) is 14.6. The maximum absolute atomic E-state index is 11.1. The Balaban J connectivity index is 2.39. The van der Waals surface area contributed by atoms with Crippen molar-refractivity contribution in [1.82, 2.24) is 9.78 Å². The summed E-state index contributed by atoms with van der Waals surface area (Å²) in [5.41, 5.74) is 2.02. The van der Waals surface area contributed by atoms with Gasteiger partial charge in [-0.1, -0.05) is 24.9 Å². The highest BCUT2D eigenvalue weighted by Crippen LogP contribution is 2.24. The number of carbonyl (C=O) groups excluding carboxylic acids is 1. The molecule has 0 amide bonds. The van der Waals surface area contributed by atoms with Crippen molar-refractivity contribution in [3.05, 3.63) is 40.7 Å². The number of aryl methyl sites for hydroxylation is 1. The van der Waals surface area contributed by atoms with Crippen LogP contribution in [0.1, 0.15) is 36.3 Å². The molecule has 0 fully saturated rings. The summed E-state index contributed by atoms with van der Waals surface area (Å²) in [6.45, 7) is 4.60. The van der Waals surface area contributed by atoms with Crippen LogP contribution in [0, 0.1) is 0 Å². The highest BCUT2D eigenvalue weighted by atomic mass is 35.5. The molecule has 0 aliphatic rings. The van der Waals surface area contributed by atoms with Crippen LogP contribution in [0.25, 0.3) is 5.69 Å². The molecule has 0 bridgehead atoms. The van der Waals surface area contributed by atoms with Crippen molar-refractivity contribution in [3.63, 3.8) is 0 Å². The number of carbonyl (C=O) groups is 1. The molecule has 5 heteroatoms. The molecule has 106 valence electrons. The maximum atomic E-state index is 11.1. The van der Waals surface area contributed by atoms with Gasteiger partial charge in [0.1, 0.15) is 10.9 Å². The average molecular weight is 293 g/mol. The molecule has 2 rings (SSSR count). The van der Waals surface area contributed by atoms with Gasteiger partial charge in [0.15, 0.2) is 6.29 Å². The zero-order valence-corrected chi connectivity index (χ0v) is 12.4. The van der Waals surface area contributed by atoms with E-state index < -0.39 is 0 Å². The molecule has 0 aliphatic carbocycles. The van der Waals surface area contributed by atoms with Crippen molar-refractivity contribution in [3.8, 4) is 11.4 Å². The predicted molar refractivity (Wildman–Crippen MR) is 79.1 cm³/mol. The number of aromatic nitrogens is 2. The lowest BCUT2D eigenvalue weighted by atomic mass is 10.2. The Morgan fingerprint density at radius 1 is 1.30 bits per heavy atom. The molecule has 0 unspecified atom stereocenters. The Bertz CT molecular complexity index is 591. The summed E-state index contributed by atoms with van der Waals surface area (Å²) >= 11 is 6.24. The van der Waals surface area contributed by atoms with Crippen LogP contribution in [0.2, 0.25) is 5.15 Å². The number of hydrogen-bond acceptors (Lipinski definition) is 3. The van der Waals surface area contributed by atoms with Crippen LogP contribution in [-0.4, -0.2) is 22.7 Å². The van der Waals surface area contributed by atoms with Crippen molar-refractivity contribution in [2.75, 3.05) is 6.61 Å². The molecular formula is C15H17ClN2O2. The average Bonchev–Trinajstić information content (AvgIpc) is 2.77. The van der Waals surface area contributed by atoms with Gasteiger partial charge < -0.3 is 4.74 Å². The van der Waals surface area contributed by atoms with Crippen LogP contribution < -0.4 is 4.74 Å². The van der Waals surface area contributed by atoms with Crippen LogP contribution in [0.3, 0.4) is 0 Å². The van der Waals surface area contributed by atoms with Gasteiger partial charge in [-0.3, -0.25) is 4.79 Å². The topological polar surface area (TPSA) is 44.1 Å². The molecule has 1 heterocycles. The predicted octanol–water partition coefficient (Wildman–Crippen LogP) is 3.69. The van der Waals surface area contributed by atoms with Crippen molar-refractivity contribution < 1.29 is 9.53 Å². The lowest BCUT2D eigenvalue weighted by molar-refractivity contribution is 0.112. The third-order valence-electron chi connectivity index (χ3n) is 2.94. The minimum atomic E-state index is 0.354. The van der Waals surface area contributed by atoms with E-state index in [0.717, 1.165) is 36.3 Å². The first-order valence-electron chi connectivity index (χ1n) is 6.67. The van der Waals surface area contributed by atoms with Gasteiger partial charge in [-0.15, -0.1) is 0 Å². The fourth-order valence-electron chi connectivity index (χ4n) is 2.01. The van der Waals surface area contributed by atoms with E-state index in [2.05, 4.69) is 5.10 Å². The third kappa shape index (κ3) is 2.85. The first-order chi connectivity index (χ1) is 9.71. The Labute approximate surface area is 123 Å². The molecule has 4 nitrogen and oxygen atoms in total. The van der Waals surface area contributed by atoms with Gasteiger partial charge in [-0.2, -0.15) is 5.10 Å². The summed E-state index contributed by atoms with van der Waals surface area (Å²) in [6.07, 6.45) is 2.42. The standard InChI is InChI=1S/C15H17ClN2O2/c1-3-5-14-13(10-19)15(16)18(17-14)11-6-8-12(9-7-11)20-4-2/h6-10H,3-5H2,1-2H3. The Morgan fingerprint density at radius 3 is 2.55 bits per heavy atom. The summed E-state index contributed by atoms with van der Waals surface area (Å²) in [6, 6.07) is 7.45. The molecule has 0 spiro atoms. The molecule has 0 saturated heterocycles. The van der Waals surface area contributed by atoms with Crippen LogP contribution in [-0.2, 0) is 6.42 Å². The number of hydrogen-bond donors (Lipinski definition) is 0. The van der Waals surface area contributed by atoms with Gasteiger partial charge in [0.25, 0.3) is 0 Å². The normalized spacial score (nSPS) is 10.6. The molecule has 0 atom stereocenters. The fourth-order valence-corrected chi connectivity index (χ4v) is 2.30. The van der Waals surface area contributed by atoms with Crippen LogP contribution >= 0.6 is 11.6 Å². The monoisotopic (exact) mass is 292 g/mol. The summed E-state index contributed by atoms with van der Waals surface area (Å²) in [4.78, 5) is 11.1. The molecule has 0 saturated carbocycles. The van der Waals surface area contributed by atoms with E-state index in [1.165, 1.54) is 0 Å². The number of benzene rings is 1. The second-order valence-corrected chi connectivity index (χ2v) is 4.72. The van der Waals surface area contributed by atoms with Gasteiger partial charge in [0.2, 0.25) is 0 Å². The summed E-state index contributed by atoms with van der Waals surface area (Å²) in [5.74, 6) is 0.795. The largest absolute Gasteiger partial charge is 0.494 e. The quantitative estimate of drug-likeness (QED) is 0.763. The minimum absolute atomic E-state index is 0.354. The van der Waals surface area contributed by atoms with Crippen molar-refractivity contribution >= 4 is 17.9 Å². The molecule has 20 heavy (non-hydrogen) atoms. The zero-order chi connectivity index (χ0) is 14.5. The third-order valence-corrected chi connectivity index (χ3v) is 3.30. The van der Waals surface area contributed by atoms with Crippen molar-refractivity contribution in [2.24, 2.45) is 0 Å². The number of rotatable bonds is 6. The highest BCUT2D eigenvalue weighted by molar-refractivity contribution is 6.32. The summed E-state index contributed by atoms with van der Waals surface area (Å²) in [5, 5.41) is 4.78. The fraction of sp³-hybridized carbons (Fsp3) is 0.333.